The van der Waals surface area contributed by atoms with Gasteiger partial charge in [-0.1, -0.05) is 18.2 Å². The second kappa shape index (κ2) is 10.0. The number of ether oxygens (including phenoxy) is 1. The van der Waals surface area contributed by atoms with Crippen LogP contribution in [0.5, 0.6) is 0 Å². The summed E-state index contributed by atoms with van der Waals surface area (Å²) >= 11 is 1.68. The number of guanidine groups is 1. The SMILES string of the molecule is COC(=O)C1CCN(C(=NCc2ccc([N+](=O)[O-])cc2)NCc2cccs2)CC1. The highest BCUT2D eigenvalue weighted by Crippen LogP contribution is 2.19. The van der Waals surface area contributed by atoms with Crippen molar-refractivity contribution < 1.29 is 14.5 Å². The first-order valence-corrected chi connectivity index (χ1v) is 10.3. The molecule has 1 aromatic carbocycles. The van der Waals surface area contributed by atoms with Gasteiger partial charge in [0.2, 0.25) is 0 Å². The number of benzene rings is 1. The summed E-state index contributed by atoms with van der Waals surface area (Å²) in [6.45, 7) is 2.53. The Morgan fingerprint density at radius 1 is 1.31 bits per heavy atom. The van der Waals surface area contributed by atoms with Crippen molar-refractivity contribution in [2.24, 2.45) is 10.9 Å². The number of esters is 1. The molecule has 1 N–H and O–H groups in total. The van der Waals surface area contributed by atoms with Crippen LogP contribution in [0.1, 0.15) is 23.3 Å². The Hall–Kier alpha value is -2.94. The van der Waals surface area contributed by atoms with Crippen molar-refractivity contribution in [3.05, 3.63) is 62.3 Å². The average Bonchev–Trinajstić information content (AvgIpc) is 3.27. The molecule has 0 radical (unpaired) electrons. The lowest BCUT2D eigenvalue weighted by Gasteiger charge is -2.33. The molecule has 8 nitrogen and oxygen atoms in total. The van der Waals surface area contributed by atoms with Crippen molar-refractivity contribution in [2.75, 3.05) is 20.2 Å². The maximum absolute atomic E-state index is 11.8. The number of nitro groups is 1. The molecule has 154 valence electrons. The van der Waals surface area contributed by atoms with Gasteiger partial charge in [-0.3, -0.25) is 14.9 Å². The Morgan fingerprint density at radius 2 is 2.03 bits per heavy atom. The monoisotopic (exact) mass is 416 g/mol. The fraction of sp³-hybridized carbons (Fsp3) is 0.400. The lowest BCUT2D eigenvalue weighted by atomic mass is 9.97. The van der Waals surface area contributed by atoms with E-state index in [9.17, 15) is 14.9 Å². The van der Waals surface area contributed by atoms with E-state index >= 15 is 0 Å². The number of likely N-dealkylation sites (tertiary alicyclic amines) is 1. The maximum Gasteiger partial charge on any atom is 0.308 e. The lowest BCUT2D eigenvalue weighted by molar-refractivity contribution is -0.384. The summed E-state index contributed by atoms with van der Waals surface area (Å²) in [5.74, 6) is 0.560. The molecule has 2 aromatic rings. The van der Waals surface area contributed by atoms with E-state index in [0.29, 0.717) is 13.1 Å². The number of nitrogens with zero attached hydrogens (tertiary/aromatic N) is 3. The molecule has 0 amide bonds. The van der Waals surface area contributed by atoms with E-state index in [2.05, 4.69) is 16.3 Å². The van der Waals surface area contributed by atoms with Crippen LogP contribution < -0.4 is 5.32 Å². The topological polar surface area (TPSA) is 97.1 Å². The quantitative estimate of drug-likeness (QED) is 0.255. The first-order chi connectivity index (χ1) is 14.1. The molecule has 1 aliphatic heterocycles. The number of nitro benzene ring substituents is 1. The zero-order valence-corrected chi connectivity index (χ0v) is 17.1. The largest absolute Gasteiger partial charge is 0.469 e. The molecule has 1 saturated heterocycles. The molecule has 3 rings (SSSR count). The molecule has 29 heavy (non-hydrogen) atoms. The Kier molecular flexibility index (Phi) is 7.18. The van der Waals surface area contributed by atoms with Gasteiger partial charge in [-0.2, -0.15) is 0 Å². The van der Waals surface area contributed by atoms with Crippen LogP contribution in [0.4, 0.5) is 5.69 Å². The molecule has 0 aliphatic carbocycles. The molecular weight excluding hydrogens is 392 g/mol. The molecule has 2 heterocycles. The summed E-state index contributed by atoms with van der Waals surface area (Å²) in [6, 6.07) is 10.5. The summed E-state index contributed by atoms with van der Waals surface area (Å²) in [5, 5.41) is 16.3. The van der Waals surface area contributed by atoms with Crippen molar-refractivity contribution in [1.82, 2.24) is 10.2 Å². The van der Waals surface area contributed by atoms with Crippen molar-refractivity contribution in [2.45, 2.75) is 25.9 Å². The van der Waals surface area contributed by atoms with E-state index < -0.39 is 4.92 Å². The third-order valence-corrected chi connectivity index (χ3v) is 5.76. The maximum atomic E-state index is 11.8. The number of nitrogens with one attached hydrogen (secondary N) is 1. The fourth-order valence-electron chi connectivity index (χ4n) is 3.23. The predicted molar refractivity (Wildman–Crippen MR) is 112 cm³/mol. The van der Waals surface area contributed by atoms with Gasteiger partial charge in [-0.05, 0) is 29.9 Å². The van der Waals surface area contributed by atoms with Gasteiger partial charge in [-0.25, -0.2) is 4.99 Å². The zero-order chi connectivity index (χ0) is 20.6. The highest BCUT2D eigenvalue weighted by molar-refractivity contribution is 7.09. The minimum Gasteiger partial charge on any atom is -0.469 e. The van der Waals surface area contributed by atoms with Gasteiger partial charge in [0.25, 0.3) is 5.69 Å². The van der Waals surface area contributed by atoms with Gasteiger partial charge in [0, 0.05) is 30.1 Å². The molecule has 1 aromatic heterocycles. The van der Waals surface area contributed by atoms with Crippen LogP contribution in [0.15, 0.2) is 46.8 Å². The average molecular weight is 417 g/mol. The minimum atomic E-state index is -0.410. The van der Waals surface area contributed by atoms with Gasteiger partial charge in [-0.15, -0.1) is 11.3 Å². The van der Waals surface area contributed by atoms with Gasteiger partial charge in [0.15, 0.2) is 5.96 Å². The summed E-state index contributed by atoms with van der Waals surface area (Å²) < 4.78 is 4.86. The number of carbonyl (C=O) groups is 1. The smallest absolute Gasteiger partial charge is 0.308 e. The summed E-state index contributed by atoms with van der Waals surface area (Å²) in [5.41, 5.74) is 0.967. The number of thiophene rings is 1. The van der Waals surface area contributed by atoms with Crippen molar-refractivity contribution in [1.29, 1.82) is 0 Å². The Bertz CT molecular complexity index is 844. The summed E-state index contributed by atoms with van der Waals surface area (Å²) in [6.07, 6.45) is 1.45. The summed E-state index contributed by atoms with van der Waals surface area (Å²) in [7, 11) is 1.42. The molecule has 1 fully saturated rings. The van der Waals surface area contributed by atoms with Gasteiger partial charge in [0.05, 0.1) is 31.0 Å². The zero-order valence-electron chi connectivity index (χ0n) is 16.2. The molecule has 0 atom stereocenters. The number of piperidine rings is 1. The Morgan fingerprint density at radius 3 is 2.62 bits per heavy atom. The second-order valence-corrected chi connectivity index (χ2v) is 7.81. The number of hydrogen-bond acceptors (Lipinski definition) is 6. The van der Waals surface area contributed by atoms with Crippen LogP contribution in [0.25, 0.3) is 0 Å². The van der Waals surface area contributed by atoms with Crippen LogP contribution in [-0.4, -0.2) is 42.0 Å². The van der Waals surface area contributed by atoms with Crippen LogP contribution in [-0.2, 0) is 22.6 Å². The highest BCUT2D eigenvalue weighted by atomic mass is 32.1. The number of methoxy groups -OCH3 is 1. The molecule has 0 bridgehead atoms. The molecular formula is C20H24N4O4S. The van der Waals surface area contributed by atoms with Crippen molar-refractivity contribution >= 4 is 29.0 Å². The predicted octanol–water partition coefficient (Wildman–Crippen LogP) is 3.19. The standard InChI is InChI=1S/C20H24N4O4S/c1-28-19(25)16-8-10-23(11-9-16)20(22-14-18-3-2-12-29-18)21-13-15-4-6-17(7-5-15)24(26)27/h2-7,12,16H,8-11,13-14H2,1H3,(H,21,22). The van der Waals surface area contributed by atoms with E-state index in [4.69, 9.17) is 9.73 Å². The third-order valence-electron chi connectivity index (χ3n) is 4.89. The minimum absolute atomic E-state index is 0.0653. The number of carbonyl (C=O) groups excluding carboxylic acids is 1. The number of hydrogen-bond donors (Lipinski definition) is 1. The molecule has 9 heteroatoms. The fourth-order valence-corrected chi connectivity index (χ4v) is 3.87. The van der Waals surface area contributed by atoms with Gasteiger partial charge < -0.3 is 15.0 Å². The van der Waals surface area contributed by atoms with E-state index in [1.54, 1.807) is 23.5 Å². The lowest BCUT2D eigenvalue weighted by Crippen LogP contribution is -2.46. The summed E-state index contributed by atoms with van der Waals surface area (Å²) in [4.78, 5) is 30.3. The molecule has 0 spiro atoms. The van der Waals surface area contributed by atoms with E-state index in [-0.39, 0.29) is 17.6 Å². The Balaban J connectivity index is 1.67. The Labute approximate surface area is 173 Å². The number of non-ortho nitro benzene ring substituents is 1. The van der Waals surface area contributed by atoms with Crippen LogP contribution in [0.3, 0.4) is 0 Å². The van der Waals surface area contributed by atoms with Gasteiger partial charge >= 0.3 is 5.97 Å². The van der Waals surface area contributed by atoms with Gasteiger partial charge in [0.1, 0.15) is 0 Å². The molecule has 1 aliphatic rings. The second-order valence-electron chi connectivity index (χ2n) is 6.78. The molecule has 0 saturated carbocycles. The van der Waals surface area contributed by atoms with E-state index in [0.717, 1.165) is 37.5 Å². The van der Waals surface area contributed by atoms with Crippen molar-refractivity contribution in [3.8, 4) is 0 Å². The third kappa shape index (κ3) is 5.77. The van der Waals surface area contributed by atoms with Crippen LogP contribution >= 0.6 is 11.3 Å². The first kappa shape index (κ1) is 20.8. The van der Waals surface area contributed by atoms with Crippen LogP contribution in [0, 0.1) is 16.0 Å². The normalized spacial score (nSPS) is 15.2. The number of rotatable bonds is 6. The van der Waals surface area contributed by atoms with E-state index in [1.165, 1.54) is 24.1 Å². The van der Waals surface area contributed by atoms with E-state index in [1.807, 2.05) is 11.4 Å². The highest BCUT2D eigenvalue weighted by Gasteiger charge is 2.27. The molecule has 0 unspecified atom stereocenters. The van der Waals surface area contributed by atoms with Crippen molar-refractivity contribution in [3.63, 3.8) is 0 Å². The van der Waals surface area contributed by atoms with Crippen LogP contribution in [0.2, 0.25) is 0 Å². The first-order valence-electron chi connectivity index (χ1n) is 9.43. The number of aliphatic imine (C=N–C) groups is 1.